The van der Waals surface area contributed by atoms with E-state index in [1.165, 1.54) is 36.4 Å². The lowest BCUT2D eigenvalue weighted by atomic mass is 9.86. The molecule has 0 amide bonds. The summed E-state index contributed by atoms with van der Waals surface area (Å²) in [5.41, 5.74) is 1.11. The Labute approximate surface area is 280 Å². The molecule has 0 unspecified atom stereocenters. The molecule has 15 heteroatoms. The van der Waals surface area contributed by atoms with Gasteiger partial charge in [0.2, 0.25) is 0 Å². The Hall–Kier alpha value is -6.12. The molecule has 3 rings (SSSR count). The van der Waals surface area contributed by atoms with Crippen LogP contribution in [0.25, 0.3) is 0 Å². The quantitative estimate of drug-likeness (QED) is 0.0926. The van der Waals surface area contributed by atoms with Crippen molar-refractivity contribution >= 4 is 36.4 Å². The highest BCUT2D eigenvalue weighted by atomic mass is 17.2. The summed E-state index contributed by atoms with van der Waals surface area (Å²) in [5.74, 6) is -2.92. The fraction of sp³-hybridized carbons (Fsp3) is 0.294. The minimum atomic E-state index is -1.49. The Kier molecular flexibility index (Phi) is 13.9. The molecule has 260 valence electrons. The van der Waals surface area contributed by atoms with E-state index in [0.29, 0.717) is 6.42 Å². The van der Waals surface area contributed by atoms with Gasteiger partial charge in [-0.1, -0.05) is 66.4 Å². The molecule has 0 atom stereocenters. The summed E-state index contributed by atoms with van der Waals surface area (Å²) in [7, 11) is 0. The van der Waals surface area contributed by atoms with Gasteiger partial charge in [0.15, 0.2) is 0 Å². The minimum absolute atomic E-state index is 0.0794. The third-order valence-corrected chi connectivity index (χ3v) is 6.59. The van der Waals surface area contributed by atoms with Crippen LogP contribution in [-0.4, -0.2) is 56.2 Å². The van der Waals surface area contributed by atoms with Crippen LogP contribution in [0.5, 0.6) is 0 Å². The van der Waals surface area contributed by atoms with Gasteiger partial charge in [-0.2, -0.15) is 14.4 Å². The van der Waals surface area contributed by atoms with Crippen molar-refractivity contribution in [1.29, 1.82) is 0 Å². The van der Waals surface area contributed by atoms with Crippen molar-refractivity contribution in [3.63, 3.8) is 0 Å². The monoisotopic (exact) mass is 682 g/mol. The van der Waals surface area contributed by atoms with Gasteiger partial charge in [0.05, 0.1) is 22.1 Å². The fourth-order valence-corrected chi connectivity index (χ4v) is 4.26. The number of carbonyl (C=O) groups excluding carboxylic acids is 6. The maximum atomic E-state index is 12.3. The molecule has 15 nitrogen and oxygen atoms in total. The number of hydrogen-bond acceptors (Lipinski definition) is 15. The van der Waals surface area contributed by atoms with Crippen molar-refractivity contribution in [2.24, 2.45) is 5.41 Å². The Bertz CT molecular complexity index is 1460. The van der Waals surface area contributed by atoms with Crippen LogP contribution in [0, 0.1) is 26.2 Å². The lowest BCUT2D eigenvalue weighted by molar-refractivity contribution is -0.217. The van der Waals surface area contributed by atoms with E-state index >= 15 is 0 Å². The Morgan fingerprint density at radius 2 is 0.796 bits per heavy atom. The second-order valence-electron chi connectivity index (χ2n) is 10.8. The van der Waals surface area contributed by atoms with E-state index < -0.39 is 61.6 Å². The number of benzene rings is 3. The summed E-state index contributed by atoms with van der Waals surface area (Å²) in [4.78, 5) is 101. The summed E-state index contributed by atoms with van der Waals surface area (Å²) < 4.78 is 15.3. The number of hydrogen-bond donors (Lipinski definition) is 0. The highest BCUT2D eigenvalue weighted by molar-refractivity contribution is 5.90. The molecule has 0 heterocycles. The first-order valence-electron chi connectivity index (χ1n) is 14.8. The zero-order chi connectivity index (χ0) is 35.8. The van der Waals surface area contributed by atoms with Gasteiger partial charge in [-0.3, -0.25) is 0 Å². The highest BCUT2D eigenvalue weighted by Gasteiger charge is 2.37. The van der Waals surface area contributed by atoms with Crippen molar-refractivity contribution in [3.05, 3.63) is 106 Å². The maximum absolute atomic E-state index is 12.3. The standard InChI is InChI=1S/C34H34O15/c1-5-15-34(19-41-31(38)47-44-28(35)25-12-6-9-22(2)16-25,20-42-32(39)48-45-29(36)26-13-7-10-23(3)17-26)21-43-33(40)49-46-30(37)27-14-8-11-24(4)18-27/h6-14,16-18H,5,15,19-21H2,1-4H3. The predicted octanol–water partition coefficient (Wildman–Crippen LogP) is 6.47. The zero-order valence-corrected chi connectivity index (χ0v) is 27.1. The number of carbonyl (C=O) groups is 6. The molecule has 3 aromatic rings. The van der Waals surface area contributed by atoms with Crippen LogP contribution in [0.15, 0.2) is 72.8 Å². The smallest absolute Gasteiger partial charge is 0.431 e. The Morgan fingerprint density at radius 1 is 0.490 bits per heavy atom. The molecule has 0 aliphatic carbocycles. The van der Waals surface area contributed by atoms with Gasteiger partial charge in [0, 0.05) is 0 Å². The first-order chi connectivity index (χ1) is 23.4. The van der Waals surface area contributed by atoms with E-state index in [1.54, 1.807) is 64.1 Å². The SMILES string of the molecule is CCCC(COC(=O)OOC(=O)c1cccc(C)c1)(COC(=O)OOC(=O)c1cccc(C)c1)COC(=O)OOC(=O)c1cccc(C)c1. The average molecular weight is 683 g/mol. The summed E-state index contributed by atoms with van der Waals surface area (Å²) in [6.07, 6.45) is -3.92. The number of aryl methyl sites for hydroxylation is 3. The second kappa shape index (κ2) is 18.3. The van der Waals surface area contributed by atoms with Gasteiger partial charge in [0.1, 0.15) is 19.8 Å². The maximum Gasteiger partial charge on any atom is 0.549 e. The molecular formula is C34H34O15. The highest BCUT2D eigenvalue weighted by Crippen LogP contribution is 2.27. The third kappa shape index (κ3) is 12.5. The van der Waals surface area contributed by atoms with E-state index in [1.807, 2.05) is 0 Å². The van der Waals surface area contributed by atoms with Gasteiger partial charge >= 0.3 is 36.4 Å². The summed E-state index contributed by atoms with van der Waals surface area (Å²) in [5, 5.41) is 0. The first-order valence-corrected chi connectivity index (χ1v) is 14.8. The summed E-state index contributed by atoms with van der Waals surface area (Å²) >= 11 is 0. The molecule has 0 aromatic heterocycles. The molecule has 0 aliphatic heterocycles. The largest absolute Gasteiger partial charge is 0.549 e. The second-order valence-corrected chi connectivity index (χ2v) is 10.8. The van der Waals surface area contributed by atoms with E-state index in [9.17, 15) is 28.8 Å². The van der Waals surface area contributed by atoms with Gasteiger partial charge in [-0.15, -0.1) is 0 Å². The number of rotatable bonds is 11. The average Bonchev–Trinajstić information content (AvgIpc) is 3.09. The van der Waals surface area contributed by atoms with Crippen LogP contribution in [-0.2, 0) is 43.5 Å². The molecule has 0 aliphatic rings. The molecule has 0 fully saturated rings. The lowest BCUT2D eigenvalue weighted by Crippen LogP contribution is -2.40. The lowest BCUT2D eigenvalue weighted by Gasteiger charge is -2.30. The van der Waals surface area contributed by atoms with Crippen molar-refractivity contribution < 1.29 is 72.3 Å². The molecular weight excluding hydrogens is 648 g/mol. The van der Waals surface area contributed by atoms with E-state index in [2.05, 4.69) is 29.3 Å². The van der Waals surface area contributed by atoms with Crippen LogP contribution in [0.4, 0.5) is 14.4 Å². The summed E-state index contributed by atoms with van der Waals surface area (Å²) in [6, 6.07) is 18.9. The van der Waals surface area contributed by atoms with Crippen LogP contribution in [0.3, 0.4) is 0 Å². The predicted molar refractivity (Wildman–Crippen MR) is 164 cm³/mol. The van der Waals surface area contributed by atoms with Crippen LogP contribution < -0.4 is 0 Å². The Balaban J connectivity index is 1.62. The Morgan fingerprint density at radius 3 is 1.06 bits per heavy atom. The van der Waals surface area contributed by atoms with E-state index in [0.717, 1.165) is 16.7 Å². The normalized spacial score (nSPS) is 10.5. The van der Waals surface area contributed by atoms with Crippen molar-refractivity contribution in [3.8, 4) is 0 Å². The molecule has 0 saturated carbocycles. The molecule has 0 spiro atoms. The molecule has 49 heavy (non-hydrogen) atoms. The van der Waals surface area contributed by atoms with Gasteiger partial charge < -0.3 is 14.2 Å². The van der Waals surface area contributed by atoms with Crippen LogP contribution in [0.1, 0.15) is 67.5 Å². The van der Waals surface area contributed by atoms with Gasteiger partial charge in [0.25, 0.3) is 0 Å². The first kappa shape index (κ1) is 37.3. The third-order valence-electron chi connectivity index (χ3n) is 6.59. The molecule has 0 bridgehead atoms. The molecule has 0 N–H and O–H groups in total. The van der Waals surface area contributed by atoms with Crippen molar-refractivity contribution in [1.82, 2.24) is 0 Å². The fourth-order valence-electron chi connectivity index (χ4n) is 4.26. The van der Waals surface area contributed by atoms with Crippen LogP contribution in [0.2, 0.25) is 0 Å². The topological polar surface area (TPSA) is 185 Å². The van der Waals surface area contributed by atoms with Crippen molar-refractivity contribution in [2.45, 2.75) is 40.5 Å². The summed E-state index contributed by atoms with van der Waals surface area (Å²) in [6.45, 7) is 5.07. The minimum Gasteiger partial charge on any atom is -0.431 e. The zero-order valence-electron chi connectivity index (χ0n) is 27.1. The molecule has 0 radical (unpaired) electrons. The van der Waals surface area contributed by atoms with E-state index in [4.69, 9.17) is 14.2 Å². The number of ether oxygens (including phenoxy) is 3. The van der Waals surface area contributed by atoms with Gasteiger partial charge in [-0.05, 0) is 63.6 Å². The molecule has 3 aromatic carbocycles. The van der Waals surface area contributed by atoms with Gasteiger partial charge in [-0.25, -0.2) is 43.7 Å². The van der Waals surface area contributed by atoms with Crippen LogP contribution >= 0.6 is 0 Å². The van der Waals surface area contributed by atoms with E-state index in [-0.39, 0.29) is 23.1 Å². The van der Waals surface area contributed by atoms with Crippen molar-refractivity contribution in [2.75, 3.05) is 19.8 Å². The molecule has 0 saturated heterocycles.